The second kappa shape index (κ2) is 12.0. The van der Waals surface area contributed by atoms with Crippen LogP contribution in [0.2, 0.25) is 0 Å². The molecule has 0 saturated heterocycles. The van der Waals surface area contributed by atoms with Gasteiger partial charge in [-0.2, -0.15) is 8.78 Å². The topological polar surface area (TPSA) is 75.1 Å². The molecule has 6 nitrogen and oxygen atoms in total. The average Bonchev–Trinajstić information content (AvgIpc) is 2.70. The normalized spacial score (nSPS) is 12.7. The minimum absolute atomic E-state index is 0.0416. The fourth-order valence-electron chi connectivity index (χ4n) is 2.73. The summed E-state index contributed by atoms with van der Waals surface area (Å²) in [6.07, 6.45) is -0.737. The third-order valence-corrected chi connectivity index (χ3v) is 4.02. The first kappa shape index (κ1) is 23.4. The van der Waals surface area contributed by atoms with Gasteiger partial charge in [0.15, 0.2) is 5.96 Å². The maximum Gasteiger partial charge on any atom is 0.387 e. The number of rotatable bonds is 10. The Morgan fingerprint density at radius 2 is 1.83 bits per heavy atom. The van der Waals surface area contributed by atoms with Crippen LogP contribution in [-0.4, -0.2) is 36.9 Å². The van der Waals surface area contributed by atoms with Crippen LogP contribution in [0.25, 0.3) is 0 Å². The molecule has 0 spiro atoms. The van der Waals surface area contributed by atoms with Crippen molar-refractivity contribution in [3.05, 3.63) is 59.7 Å². The van der Waals surface area contributed by atoms with Crippen molar-refractivity contribution in [2.75, 3.05) is 13.1 Å². The van der Waals surface area contributed by atoms with E-state index in [9.17, 15) is 13.9 Å². The Morgan fingerprint density at radius 1 is 1.07 bits per heavy atom. The summed E-state index contributed by atoms with van der Waals surface area (Å²) in [6.45, 7) is 3.86. The largest absolute Gasteiger partial charge is 0.491 e. The van der Waals surface area contributed by atoms with Gasteiger partial charge in [-0.05, 0) is 44.5 Å². The van der Waals surface area contributed by atoms with Crippen LogP contribution in [0.4, 0.5) is 8.78 Å². The first-order valence-electron chi connectivity index (χ1n) is 9.88. The van der Waals surface area contributed by atoms with E-state index in [2.05, 4.69) is 20.4 Å². The van der Waals surface area contributed by atoms with Crippen LogP contribution in [0.5, 0.6) is 11.5 Å². The number of nitrogens with one attached hydrogen (secondary N) is 2. The lowest BCUT2D eigenvalue weighted by atomic mass is 10.1. The van der Waals surface area contributed by atoms with E-state index in [4.69, 9.17) is 4.74 Å². The van der Waals surface area contributed by atoms with Gasteiger partial charge in [0.2, 0.25) is 0 Å². The zero-order valence-electron chi connectivity index (χ0n) is 17.4. The van der Waals surface area contributed by atoms with E-state index in [0.717, 1.165) is 0 Å². The summed E-state index contributed by atoms with van der Waals surface area (Å²) in [7, 11) is 0. The van der Waals surface area contributed by atoms with Crippen LogP contribution in [0.1, 0.15) is 38.0 Å². The molecule has 0 aliphatic rings. The van der Waals surface area contributed by atoms with Gasteiger partial charge in [-0.3, -0.25) is 0 Å². The molecule has 0 fully saturated rings. The standard InChI is InChI=1S/C22H29F2N3O3/c1-4-25-22(26-13-17-8-5-6-11-20(17)30-21(23)24)27-14-19(28)16-9-7-10-18(12-16)29-15(2)3/h5-12,15,19,21,28H,4,13-14H2,1-3H3,(H2,25,26,27). The molecule has 30 heavy (non-hydrogen) atoms. The molecule has 1 atom stereocenters. The van der Waals surface area contributed by atoms with E-state index in [1.165, 1.54) is 6.07 Å². The van der Waals surface area contributed by atoms with Crippen LogP contribution in [0, 0.1) is 0 Å². The zero-order chi connectivity index (χ0) is 21.9. The SMILES string of the molecule is CCNC(=NCc1ccccc1OC(F)F)NCC(O)c1cccc(OC(C)C)c1. The van der Waals surface area contributed by atoms with Crippen molar-refractivity contribution in [3.8, 4) is 11.5 Å². The maximum atomic E-state index is 12.6. The average molecular weight is 421 g/mol. The van der Waals surface area contributed by atoms with Gasteiger partial charge in [0, 0.05) is 18.7 Å². The fraction of sp³-hybridized carbons (Fsp3) is 0.409. The van der Waals surface area contributed by atoms with E-state index in [1.807, 2.05) is 39.0 Å². The van der Waals surface area contributed by atoms with Crippen molar-refractivity contribution in [1.29, 1.82) is 0 Å². The highest BCUT2D eigenvalue weighted by atomic mass is 19.3. The highest BCUT2D eigenvalue weighted by Gasteiger charge is 2.12. The fourth-order valence-corrected chi connectivity index (χ4v) is 2.73. The van der Waals surface area contributed by atoms with Gasteiger partial charge in [-0.15, -0.1) is 0 Å². The van der Waals surface area contributed by atoms with Crippen molar-refractivity contribution in [1.82, 2.24) is 10.6 Å². The van der Waals surface area contributed by atoms with Crippen LogP contribution in [0.15, 0.2) is 53.5 Å². The number of halogens is 2. The predicted octanol–water partition coefficient (Wildman–Crippen LogP) is 3.86. The molecule has 0 aliphatic heterocycles. The Hall–Kier alpha value is -2.87. The number of hydrogen-bond acceptors (Lipinski definition) is 4. The van der Waals surface area contributed by atoms with E-state index in [1.54, 1.807) is 24.3 Å². The Bertz CT molecular complexity index is 816. The number of nitrogens with zero attached hydrogens (tertiary/aromatic N) is 1. The van der Waals surface area contributed by atoms with Crippen molar-refractivity contribution in [2.45, 2.75) is 46.1 Å². The number of benzene rings is 2. The van der Waals surface area contributed by atoms with Gasteiger partial charge in [0.05, 0.1) is 18.8 Å². The number of alkyl halides is 2. The summed E-state index contributed by atoms with van der Waals surface area (Å²) >= 11 is 0. The van der Waals surface area contributed by atoms with Crippen LogP contribution >= 0.6 is 0 Å². The van der Waals surface area contributed by atoms with Gasteiger partial charge >= 0.3 is 6.61 Å². The predicted molar refractivity (Wildman–Crippen MR) is 113 cm³/mol. The maximum absolute atomic E-state index is 12.6. The quantitative estimate of drug-likeness (QED) is 0.401. The molecule has 8 heteroatoms. The van der Waals surface area contributed by atoms with Crippen molar-refractivity contribution in [2.24, 2.45) is 4.99 Å². The molecule has 0 aromatic heterocycles. The minimum atomic E-state index is -2.90. The number of aliphatic imine (C=N–C) groups is 1. The number of para-hydroxylation sites is 1. The van der Waals surface area contributed by atoms with E-state index >= 15 is 0 Å². The summed E-state index contributed by atoms with van der Waals surface area (Å²) in [5, 5.41) is 16.7. The Kier molecular flexibility index (Phi) is 9.34. The van der Waals surface area contributed by atoms with Crippen LogP contribution in [-0.2, 0) is 6.54 Å². The number of aliphatic hydroxyl groups excluding tert-OH is 1. The van der Waals surface area contributed by atoms with Crippen LogP contribution < -0.4 is 20.1 Å². The summed E-state index contributed by atoms with van der Waals surface area (Å²) in [4.78, 5) is 4.41. The van der Waals surface area contributed by atoms with Crippen molar-refractivity contribution >= 4 is 5.96 Å². The summed E-state index contributed by atoms with van der Waals surface area (Å²) in [5.74, 6) is 1.24. The molecule has 0 aliphatic carbocycles. The summed E-state index contributed by atoms with van der Waals surface area (Å²) in [5.41, 5.74) is 1.25. The third-order valence-electron chi connectivity index (χ3n) is 4.02. The highest BCUT2D eigenvalue weighted by molar-refractivity contribution is 5.79. The molecule has 2 aromatic rings. The van der Waals surface area contributed by atoms with Gasteiger partial charge in [0.1, 0.15) is 11.5 Å². The number of ether oxygens (including phenoxy) is 2. The Balaban J connectivity index is 2.02. The molecule has 3 N–H and O–H groups in total. The lowest BCUT2D eigenvalue weighted by Crippen LogP contribution is -2.39. The van der Waals surface area contributed by atoms with Gasteiger partial charge in [-0.25, -0.2) is 4.99 Å². The van der Waals surface area contributed by atoms with Gasteiger partial charge in [-0.1, -0.05) is 30.3 Å². The molecular formula is C22H29F2N3O3. The van der Waals surface area contributed by atoms with Crippen molar-refractivity contribution in [3.63, 3.8) is 0 Å². The molecular weight excluding hydrogens is 392 g/mol. The van der Waals surface area contributed by atoms with Crippen LogP contribution in [0.3, 0.4) is 0 Å². The summed E-state index contributed by atoms with van der Waals surface area (Å²) in [6, 6.07) is 13.8. The molecule has 2 aromatic carbocycles. The number of hydrogen-bond donors (Lipinski definition) is 3. The Morgan fingerprint density at radius 3 is 2.53 bits per heavy atom. The second-order valence-electron chi connectivity index (χ2n) is 6.82. The molecule has 1 unspecified atom stereocenters. The first-order chi connectivity index (χ1) is 14.4. The summed E-state index contributed by atoms with van der Waals surface area (Å²) < 4.78 is 35.3. The van der Waals surface area contributed by atoms with E-state index in [0.29, 0.717) is 29.4 Å². The van der Waals surface area contributed by atoms with Gasteiger partial charge in [0.25, 0.3) is 0 Å². The number of aliphatic hydroxyl groups is 1. The monoisotopic (exact) mass is 421 g/mol. The first-order valence-corrected chi connectivity index (χ1v) is 9.88. The molecule has 0 amide bonds. The lowest BCUT2D eigenvalue weighted by Gasteiger charge is -2.17. The Labute approximate surface area is 175 Å². The molecule has 164 valence electrons. The van der Waals surface area contributed by atoms with Crippen molar-refractivity contribution < 1.29 is 23.4 Å². The number of guanidine groups is 1. The molecule has 0 bridgehead atoms. The smallest absolute Gasteiger partial charge is 0.387 e. The lowest BCUT2D eigenvalue weighted by molar-refractivity contribution is -0.0504. The molecule has 0 heterocycles. The van der Waals surface area contributed by atoms with E-state index < -0.39 is 12.7 Å². The second-order valence-corrected chi connectivity index (χ2v) is 6.82. The molecule has 0 radical (unpaired) electrons. The highest BCUT2D eigenvalue weighted by Crippen LogP contribution is 2.21. The molecule has 2 rings (SSSR count). The zero-order valence-corrected chi connectivity index (χ0v) is 17.4. The third kappa shape index (κ3) is 7.87. The van der Waals surface area contributed by atoms with E-state index in [-0.39, 0.29) is 24.9 Å². The molecule has 0 saturated carbocycles. The minimum Gasteiger partial charge on any atom is -0.491 e. The van der Waals surface area contributed by atoms with Gasteiger partial charge < -0.3 is 25.2 Å².